The molecule has 0 fully saturated rings. The summed E-state index contributed by atoms with van der Waals surface area (Å²) in [5.41, 5.74) is -1.12. The van der Waals surface area contributed by atoms with Crippen LogP contribution < -0.4 is 0 Å². The van der Waals surface area contributed by atoms with Gasteiger partial charge in [-0.25, -0.2) is 18.0 Å². The minimum Gasteiger partial charge on any atom is -0.464 e. The molecule has 1 rings (SSSR count). The largest absolute Gasteiger partial charge is 0.464 e. The number of hydrogen-bond acceptors (Lipinski definition) is 4. The van der Waals surface area contributed by atoms with Gasteiger partial charge in [0.1, 0.15) is 11.9 Å². The summed E-state index contributed by atoms with van der Waals surface area (Å²) >= 11 is 0. The molecule has 0 saturated heterocycles. The molecular weight excluding hydrogens is 253 g/mol. The van der Waals surface area contributed by atoms with Crippen molar-refractivity contribution in [1.82, 2.24) is 0 Å². The Labute approximate surface area is 101 Å². The van der Waals surface area contributed by atoms with E-state index in [0.29, 0.717) is 12.1 Å². The van der Waals surface area contributed by atoms with E-state index < -0.39 is 41.2 Å². The smallest absolute Gasteiger partial charge is 0.338 e. The highest BCUT2D eigenvalue weighted by Crippen LogP contribution is 2.25. The van der Waals surface area contributed by atoms with Crippen LogP contribution in [0.15, 0.2) is 12.1 Å². The molecule has 2 unspecified atom stereocenters. The Balaban J connectivity index is 3.07. The summed E-state index contributed by atoms with van der Waals surface area (Å²) in [6.07, 6.45) is -4.45. The first-order valence-electron chi connectivity index (χ1n) is 5.06. The van der Waals surface area contributed by atoms with E-state index in [1.54, 1.807) is 0 Å². The molecule has 100 valence electrons. The molecular formula is C11H11F3O4. The molecule has 0 heterocycles. The van der Waals surface area contributed by atoms with Crippen molar-refractivity contribution in [1.29, 1.82) is 0 Å². The summed E-state index contributed by atoms with van der Waals surface area (Å²) in [5.74, 6) is -5.59. The molecule has 2 N–H and O–H groups in total. The molecule has 18 heavy (non-hydrogen) atoms. The van der Waals surface area contributed by atoms with Gasteiger partial charge in [-0.15, -0.1) is 0 Å². The van der Waals surface area contributed by atoms with Crippen molar-refractivity contribution in [2.45, 2.75) is 19.1 Å². The Morgan fingerprint density at radius 3 is 2.39 bits per heavy atom. The van der Waals surface area contributed by atoms with E-state index in [1.165, 1.54) is 6.92 Å². The number of benzene rings is 1. The second-order valence-corrected chi connectivity index (χ2v) is 3.40. The molecule has 2 atom stereocenters. The number of carbonyl (C=O) groups is 1. The lowest BCUT2D eigenvalue weighted by Crippen LogP contribution is -2.31. The van der Waals surface area contributed by atoms with Crippen LogP contribution in [0.5, 0.6) is 0 Å². The van der Waals surface area contributed by atoms with Gasteiger partial charge in [-0.2, -0.15) is 0 Å². The number of halogens is 3. The Morgan fingerprint density at radius 1 is 1.28 bits per heavy atom. The first-order chi connectivity index (χ1) is 8.40. The Hall–Kier alpha value is -1.60. The van der Waals surface area contributed by atoms with Gasteiger partial charge in [0.05, 0.1) is 12.2 Å². The molecule has 0 aromatic heterocycles. The predicted octanol–water partition coefficient (Wildman–Crippen LogP) is 1.06. The highest BCUT2D eigenvalue weighted by molar-refractivity contribution is 5.75. The number of aliphatic hydroxyl groups excluding tert-OH is 2. The number of carbonyl (C=O) groups excluding carboxylic acids is 1. The lowest BCUT2D eigenvalue weighted by atomic mass is 10.0. The van der Waals surface area contributed by atoms with Gasteiger partial charge in [-0.1, -0.05) is 0 Å². The van der Waals surface area contributed by atoms with Crippen LogP contribution in [0.2, 0.25) is 0 Å². The van der Waals surface area contributed by atoms with Crippen molar-refractivity contribution in [2.24, 2.45) is 0 Å². The van der Waals surface area contributed by atoms with Gasteiger partial charge in [-0.05, 0) is 19.1 Å². The Morgan fingerprint density at radius 2 is 1.83 bits per heavy atom. The molecule has 0 saturated carbocycles. The topological polar surface area (TPSA) is 66.8 Å². The third kappa shape index (κ3) is 2.80. The lowest BCUT2D eigenvalue weighted by molar-refractivity contribution is -0.159. The second-order valence-electron chi connectivity index (χ2n) is 3.40. The van der Waals surface area contributed by atoms with Crippen molar-refractivity contribution in [3.63, 3.8) is 0 Å². The zero-order valence-electron chi connectivity index (χ0n) is 9.36. The van der Waals surface area contributed by atoms with Crippen molar-refractivity contribution in [3.05, 3.63) is 35.1 Å². The molecule has 0 spiro atoms. The van der Waals surface area contributed by atoms with Gasteiger partial charge >= 0.3 is 5.97 Å². The van der Waals surface area contributed by atoms with Crippen LogP contribution in [0.25, 0.3) is 0 Å². The van der Waals surface area contributed by atoms with E-state index in [1.807, 2.05) is 0 Å². The highest BCUT2D eigenvalue weighted by atomic mass is 19.2. The van der Waals surface area contributed by atoms with Crippen molar-refractivity contribution < 1.29 is 32.9 Å². The van der Waals surface area contributed by atoms with Crippen LogP contribution in [0.1, 0.15) is 18.6 Å². The fourth-order valence-corrected chi connectivity index (χ4v) is 1.33. The summed E-state index contributed by atoms with van der Waals surface area (Å²) in [6.45, 7) is 1.36. The normalized spacial score (nSPS) is 14.1. The predicted molar refractivity (Wildman–Crippen MR) is 53.9 cm³/mol. The van der Waals surface area contributed by atoms with Crippen LogP contribution in [-0.4, -0.2) is 28.9 Å². The average Bonchev–Trinajstić information content (AvgIpc) is 2.33. The molecule has 0 amide bonds. The standard InChI is InChI=1S/C11H11F3O4/c1-2-18-11(17)10(16)9(15)7-5(12)3-4-6(13)8(7)14/h3-4,9-10,15-16H,2H2,1H3. The summed E-state index contributed by atoms with van der Waals surface area (Å²) in [6, 6.07) is 1.10. The van der Waals surface area contributed by atoms with E-state index >= 15 is 0 Å². The van der Waals surface area contributed by atoms with E-state index in [9.17, 15) is 28.2 Å². The SMILES string of the molecule is CCOC(=O)C(O)C(O)c1c(F)ccc(F)c1F. The van der Waals surface area contributed by atoms with Crippen molar-refractivity contribution >= 4 is 5.97 Å². The molecule has 0 aliphatic rings. The molecule has 1 aromatic carbocycles. The number of ether oxygens (including phenoxy) is 1. The van der Waals surface area contributed by atoms with Crippen molar-refractivity contribution in [3.8, 4) is 0 Å². The Kier molecular flexibility index (Phi) is 4.69. The van der Waals surface area contributed by atoms with Crippen LogP contribution in [0.3, 0.4) is 0 Å². The summed E-state index contributed by atoms with van der Waals surface area (Å²) in [5, 5.41) is 18.8. The third-order valence-corrected chi connectivity index (χ3v) is 2.20. The minimum absolute atomic E-state index is 0.0866. The zero-order valence-corrected chi connectivity index (χ0v) is 9.36. The Bertz CT molecular complexity index is 450. The first-order valence-corrected chi connectivity index (χ1v) is 5.06. The van der Waals surface area contributed by atoms with Gasteiger partial charge in [0.15, 0.2) is 17.7 Å². The molecule has 0 aliphatic heterocycles. The quantitative estimate of drug-likeness (QED) is 0.630. The van der Waals surface area contributed by atoms with Gasteiger partial charge in [0.25, 0.3) is 0 Å². The average molecular weight is 264 g/mol. The second kappa shape index (κ2) is 5.83. The molecule has 1 aromatic rings. The van der Waals surface area contributed by atoms with Crippen LogP contribution in [0.4, 0.5) is 13.2 Å². The van der Waals surface area contributed by atoms with Gasteiger partial charge in [-0.3, -0.25) is 0 Å². The molecule has 4 nitrogen and oxygen atoms in total. The fraction of sp³-hybridized carbons (Fsp3) is 0.364. The maximum atomic E-state index is 13.3. The van der Waals surface area contributed by atoms with E-state index in [0.717, 1.165) is 0 Å². The van der Waals surface area contributed by atoms with Crippen LogP contribution in [0, 0.1) is 17.5 Å². The maximum Gasteiger partial charge on any atom is 0.338 e. The van der Waals surface area contributed by atoms with E-state index in [2.05, 4.69) is 4.74 Å². The molecule has 0 bridgehead atoms. The summed E-state index contributed by atoms with van der Waals surface area (Å²) < 4.78 is 43.8. The lowest BCUT2D eigenvalue weighted by Gasteiger charge is -2.17. The van der Waals surface area contributed by atoms with E-state index in [4.69, 9.17) is 0 Å². The number of rotatable bonds is 4. The number of esters is 1. The molecule has 0 aliphatic carbocycles. The molecule has 7 heteroatoms. The van der Waals surface area contributed by atoms with Crippen LogP contribution in [-0.2, 0) is 9.53 Å². The minimum atomic E-state index is -2.25. The van der Waals surface area contributed by atoms with Crippen LogP contribution >= 0.6 is 0 Å². The third-order valence-electron chi connectivity index (χ3n) is 2.20. The summed E-state index contributed by atoms with van der Waals surface area (Å²) in [7, 11) is 0. The fourth-order valence-electron chi connectivity index (χ4n) is 1.33. The van der Waals surface area contributed by atoms with Gasteiger partial charge < -0.3 is 14.9 Å². The zero-order chi connectivity index (χ0) is 13.9. The summed E-state index contributed by atoms with van der Waals surface area (Å²) in [4.78, 5) is 11.1. The number of hydrogen-bond donors (Lipinski definition) is 2. The number of aliphatic hydroxyl groups is 2. The van der Waals surface area contributed by atoms with Gasteiger partial charge in [0, 0.05) is 0 Å². The highest BCUT2D eigenvalue weighted by Gasteiger charge is 2.32. The maximum absolute atomic E-state index is 13.3. The first kappa shape index (κ1) is 14.5. The van der Waals surface area contributed by atoms with Crippen molar-refractivity contribution in [2.75, 3.05) is 6.61 Å². The van der Waals surface area contributed by atoms with E-state index in [-0.39, 0.29) is 6.61 Å². The molecule has 0 radical (unpaired) electrons. The van der Waals surface area contributed by atoms with Gasteiger partial charge in [0.2, 0.25) is 0 Å². The monoisotopic (exact) mass is 264 g/mol.